The van der Waals surface area contributed by atoms with Crippen LogP contribution in [0.5, 0.6) is 17.2 Å². The van der Waals surface area contributed by atoms with Crippen LogP contribution in [0.15, 0.2) is 54.6 Å². The topological polar surface area (TPSA) is 48.0 Å². The predicted octanol–water partition coefficient (Wildman–Crippen LogP) is 4.78. The number of benzene rings is 3. The zero-order chi connectivity index (χ0) is 22.8. The minimum absolute atomic E-state index is 0.0892. The van der Waals surface area contributed by atoms with Gasteiger partial charge in [0.15, 0.2) is 23.1 Å². The van der Waals surface area contributed by atoms with Crippen LogP contribution in [0, 0.1) is 11.6 Å². The molecule has 1 aliphatic rings. The van der Waals surface area contributed by atoms with E-state index in [1.807, 2.05) is 36.4 Å². The van der Waals surface area contributed by atoms with Gasteiger partial charge in [0, 0.05) is 12.1 Å². The van der Waals surface area contributed by atoms with Gasteiger partial charge < -0.3 is 19.1 Å². The lowest BCUT2D eigenvalue weighted by Gasteiger charge is -2.38. The number of fused-ring (bicyclic) bond motifs is 1. The molecular weight excluding hydrogens is 416 g/mol. The van der Waals surface area contributed by atoms with Crippen molar-refractivity contribution >= 4 is 5.91 Å². The molecule has 0 radical (unpaired) electrons. The lowest BCUT2D eigenvalue weighted by atomic mass is 9.87. The van der Waals surface area contributed by atoms with E-state index in [1.54, 1.807) is 26.2 Å². The molecule has 0 N–H and O–H groups in total. The highest BCUT2D eigenvalue weighted by Crippen LogP contribution is 2.41. The number of halogens is 2. The minimum atomic E-state index is -1.05. The quantitative estimate of drug-likeness (QED) is 0.574. The van der Waals surface area contributed by atoms with E-state index in [0.29, 0.717) is 30.2 Å². The van der Waals surface area contributed by atoms with Crippen LogP contribution in [-0.2, 0) is 6.42 Å². The number of carbonyl (C=O) groups is 1. The van der Waals surface area contributed by atoms with Crippen LogP contribution >= 0.6 is 0 Å². The van der Waals surface area contributed by atoms with Crippen LogP contribution in [0.4, 0.5) is 8.78 Å². The van der Waals surface area contributed by atoms with E-state index in [1.165, 1.54) is 6.07 Å². The van der Waals surface area contributed by atoms with Crippen molar-refractivity contribution in [3.05, 3.63) is 88.5 Å². The first kappa shape index (κ1) is 21.6. The number of nitrogens with zero attached hydrogens (tertiary/aromatic N) is 1. The molecule has 166 valence electrons. The first-order chi connectivity index (χ1) is 15.5. The molecular formula is C25H23F2NO4. The Morgan fingerprint density at radius 1 is 0.875 bits per heavy atom. The highest BCUT2D eigenvalue weighted by Gasteiger charge is 2.34. The maximum atomic E-state index is 13.8. The molecule has 1 amide bonds. The summed E-state index contributed by atoms with van der Waals surface area (Å²) in [4.78, 5) is 15.1. The molecule has 4 rings (SSSR count). The third-order valence-corrected chi connectivity index (χ3v) is 5.73. The molecule has 32 heavy (non-hydrogen) atoms. The van der Waals surface area contributed by atoms with Gasteiger partial charge >= 0.3 is 0 Å². The molecule has 5 nitrogen and oxygen atoms in total. The van der Waals surface area contributed by atoms with Crippen molar-refractivity contribution in [3.63, 3.8) is 0 Å². The Morgan fingerprint density at radius 2 is 1.56 bits per heavy atom. The van der Waals surface area contributed by atoms with Gasteiger partial charge in [0.25, 0.3) is 5.91 Å². The maximum Gasteiger partial charge on any atom is 0.254 e. The zero-order valence-electron chi connectivity index (χ0n) is 18.0. The van der Waals surface area contributed by atoms with Crippen molar-refractivity contribution in [1.82, 2.24) is 4.90 Å². The van der Waals surface area contributed by atoms with Gasteiger partial charge in [-0.2, -0.15) is 0 Å². The molecule has 0 saturated carbocycles. The number of rotatable bonds is 5. The second kappa shape index (κ2) is 8.86. The SMILES string of the molecule is COc1ccc([C@H]2c3cc(OC)c(OC)cc3CCN2C(=O)c2ccc(F)c(F)c2)cc1. The third kappa shape index (κ3) is 3.86. The average Bonchev–Trinajstić information content (AvgIpc) is 2.83. The average molecular weight is 439 g/mol. The largest absolute Gasteiger partial charge is 0.497 e. The van der Waals surface area contributed by atoms with E-state index in [0.717, 1.165) is 28.8 Å². The van der Waals surface area contributed by atoms with Crippen LogP contribution < -0.4 is 14.2 Å². The fourth-order valence-electron chi connectivity index (χ4n) is 4.11. The van der Waals surface area contributed by atoms with Crippen molar-refractivity contribution in [1.29, 1.82) is 0 Å². The van der Waals surface area contributed by atoms with E-state index in [-0.39, 0.29) is 11.5 Å². The van der Waals surface area contributed by atoms with Gasteiger partial charge in [0.2, 0.25) is 0 Å². The lowest BCUT2D eigenvalue weighted by Crippen LogP contribution is -2.40. The van der Waals surface area contributed by atoms with Gasteiger partial charge in [-0.25, -0.2) is 8.78 Å². The fourth-order valence-corrected chi connectivity index (χ4v) is 4.11. The van der Waals surface area contributed by atoms with Crippen LogP contribution in [0.3, 0.4) is 0 Å². The summed E-state index contributed by atoms with van der Waals surface area (Å²) in [6.45, 7) is 0.400. The standard InChI is InChI=1S/C25H23F2NO4/c1-30-18-7-4-15(5-8-18)24-19-14-23(32-3)22(31-2)13-16(19)10-11-28(24)25(29)17-6-9-20(26)21(27)12-17/h4-9,12-14,24H,10-11H2,1-3H3/t24-/m0/s1. The molecule has 3 aromatic rings. The van der Waals surface area contributed by atoms with E-state index in [4.69, 9.17) is 14.2 Å². The van der Waals surface area contributed by atoms with Crippen LogP contribution in [0.1, 0.15) is 33.1 Å². The highest BCUT2D eigenvalue weighted by molar-refractivity contribution is 5.95. The number of amides is 1. The van der Waals surface area contributed by atoms with Gasteiger partial charge in [-0.3, -0.25) is 4.79 Å². The van der Waals surface area contributed by atoms with Crippen molar-refractivity contribution < 1.29 is 27.8 Å². The first-order valence-corrected chi connectivity index (χ1v) is 10.1. The highest BCUT2D eigenvalue weighted by atomic mass is 19.2. The smallest absolute Gasteiger partial charge is 0.254 e. The van der Waals surface area contributed by atoms with E-state index < -0.39 is 17.7 Å². The summed E-state index contributed by atoms with van der Waals surface area (Å²) >= 11 is 0. The van der Waals surface area contributed by atoms with E-state index in [9.17, 15) is 13.6 Å². The van der Waals surface area contributed by atoms with E-state index >= 15 is 0 Å². The summed E-state index contributed by atoms with van der Waals surface area (Å²) in [6.07, 6.45) is 0.581. The first-order valence-electron chi connectivity index (χ1n) is 10.1. The van der Waals surface area contributed by atoms with E-state index in [2.05, 4.69) is 0 Å². The number of hydrogen-bond acceptors (Lipinski definition) is 4. The maximum absolute atomic E-state index is 13.8. The van der Waals surface area contributed by atoms with Gasteiger partial charge in [-0.1, -0.05) is 12.1 Å². The summed E-state index contributed by atoms with van der Waals surface area (Å²) in [5.41, 5.74) is 2.86. The summed E-state index contributed by atoms with van der Waals surface area (Å²) in [6, 6.07) is 14.0. The van der Waals surface area contributed by atoms with Gasteiger partial charge in [-0.15, -0.1) is 0 Å². The Morgan fingerprint density at radius 3 is 2.19 bits per heavy atom. The Bertz CT molecular complexity index is 1150. The molecule has 0 spiro atoms. The Hall–Kier alpha value is -3.61. The Kier molecular flexibility index (Phi) is 5.99. The van der Waals surface area contributed by atoms with Gasteiger partial charge in [0.05, 0.1) is 27.4 Å². The molecule has 1 atom stereocenters. The minimum Gasteiger partial charge on any atom is -0.497 e. The summed E-state index contributed by atoms with van der Waals surface area (Å²) in [5, 5.41) is 0. The molecule has 1 aliphatic heterocycles. The number of ether oxygens (including phenoxy) is 3. The van der Waals surface area contributed by atoms with Crippen LogP contribution in [-0.4, -0.2) is 38.7 Å². The second-order valence-electron chi connectivity index (χ2n) is 7.46. The van der Waals surface area contributed by atoms with Crippen molar-refractivity contribution in [2.24, 2.45) is 0 Å². The molecule has 7 heteroatoms. The number of methoxy groups -OCH3 is 3. The van der Waals surface area contributed by atoms with Gasteiger partial charge in [-0.05, 0) is 65.6 Å². The second-order valence-corrected chi connectivity index (χ2v) is 7.46. The molecule has 0 fully saturated rings. The molecule has 0 aliphatic carbocycles. The molecule has 0 bridgehead atoms. The van der Waals surface area contributed by atoms with Crippen molar-refractivity contribution in [3.8, 4) is 17.2 Å². The van der Waals surface area contributed by atoms with Crippen LogP contribution in [0.25, 0.3) is 0 Å². The number of carbonyl (C=O) groups excluding carboxylic acids is 1. The fraction of sp³-hybridized carbons (Fsp3) is 0.240. The number of hydrogen-bond donors (Lipinski definition) is 0. The zero-order valence-corrected chi connectivity index (χ0v) is 18.0. The Balaban J connectivity index is 1.84. The molecule has 0 unspecified atom stereocenters. The van der Waals surface area contributed by atoms with Crippen LogP contribution in [0.2, 0.25) is 0 Å². The van der Waals surface area contributed by atoms with Gasteiger partial charge in [0.1, 0.15) is 5.75 Å². The molecule has 1 heterocycles. The summed E-state index contributed by atoms with van der Waals surface area (Å²) < 4.78 is 43.5. The summed E-state index contributed by atoms with van der Waals surface area (Å²) in [7, 11) is 4.72. The van der Waals surface area contributed by atoms with Crippen molar-refractivity contribution in [2.45, 2.75) is 12.5 Å². The molecule has 3 aromatic carbocycles. The summed E-state index contributed by atoms with van der Waals surface area (Å²) in [5.74, 6) is -0.581. The van der Waals surface area contributed by atoms with Crippen molar-refractivity contribution in [2.75, 3.05) is 27.9 Å². The third-order valence-electron chi connectivity index (χ3n) is 5.73. The lowest BCUT2D eigenvalue weighted by molar-refractivity contribution is 0.0693. The molecule has 0 aromatic heterocycles. The predicted molar refractivity (Wildman–Crippen MR) is 115 cm³/mol. The monoisotopic (exact) mass is 439 g/mol. The Labute approximate surface area is 185 Å². The normalized spacial score (nSPS) is 15.2. The molecule has 0 saturated heterocycles.